The summed E-state index contributed by atoms with van der Waals surface area (Å²) in [6, 6.07) is 9.00. The fraction of sp³-hybridized carbons (Fsp3) is 0.167. The molecule has 1 aliphatic rings. The van der Waals surface area contributed by atoms with E-state index < -0.39 is 0 Å². The summed E-state index contributed by atoms with van der Waals surface area (Å²) in [6.07, 6.45) is 1.47. The van der Waals surface area contributed by atoms with Crippen LogP contribution in [0.25, 0.3) is 0 Å². The molecule has 0 spiro atoms. The Labute approximate surface area is 97.9 Å². The van der Waals surface area contributed by atoms with Crippen molar-refractivity contribution in [2.24, 2.45) is 0 Å². The number of carbonyl (C=O) groups is 2. The van der Waals surface area contributed by atoms with E-state index in [2.05, 4.69) is 5.32 Å². The molecule has 1 saturated heterocycles. The molecule has 16 heavy (non-hydrogen) atoms. The molecule has 82 valence electrons. The van der Waals surface area contributed by atoms with Gasteiger partial charge < -0.3 is 5.32 Å². The average Bonchev–Trinajstić information content (AvgIpc) is 2.59. The molecule has 2 rings (SSSR count). The lowest BCUT2D eigenvalue weighted by atomic mass is 10.1. The quantitative estimate of drug-likeness (QED) is 0.627. The molecule has 1 heterocycles. The Balaban J connectivity index is 2.14. The van der Waals surface area contributed by atoms with Crippen molar-refractivity contribution in [3.63, 3.8) is 0 Å². The third-order valence-corrected chi connectivity index (χ3v) is 3.28. The number of amides is 1. The summed E-state index contributed by atoms with van der Waals surface area (Å²) in [6.45, 7) is 1.81. The van der Waals surface area contributed by atoms with Crippen molar-refractivity contribution in [1.29, 1.82) is 0 Å². The first kappa shape index (κ1) is 11.0. The molecule has 1 aromatic rings. The van der Waals surface area contributed by atoms with E-state index in [0.717, 1.165) is 0 Å². The highest BCUT2D eigenvalue weighted by molar-refractivity contribution is 8.04. The Hall–Kier alpha value is -1.55. The van der Waals surface area contributed by atoms with Crippen LogP contribution in [0.15, 0.2) is 41.4 Å². The fourth-order valence-corrected chi connectivity index (χ4v) is 2.25. The number of nitrogens with one attached hydrogen (secondary N) is 1. The van der Waals surface area contributed by atoms with E-state index in [9.17, 15) is 9.59 Å². The monoisotopic (exact) mass is 233 g/mol. The van der Waals surface area contributed by atoms with Crippen molar-refractivity contribution in [3.8, 4) is 0 Å². The lowest BCUT2D eigenvalue weighted by Crippen LogP contribution is -2.19. The van der Waals surface area contributed by atoms with Gasteiger partial charge in [0.15, 0.2) is 5.78 Å². The van der Waals surface area contributed by atoms with Gasteiger partial charge in [-0.3, -0.25) is 9.59 Å². The topological polar surface area (TPSA) is 46.2 Å². The molecule has 1 aliphatic heterocycles. The van der Waals surface area contributed by atoms with Crippen LogP contribution in [0, 0.1) is 0 Å². The second-order valence-electron chi connectivity index (χ2n) is 3.49. The van der Waals surface area contributed by atoms with E-state index in [4.69, 9.17) is 0 Å². The van der Waals surface area contributed by atoms with Crippen LogP contribution < -0.4 is 5.32 Å². The van der Waals surface area contributed by atoms with Gasteiger partial charge in [0, 0.05) is 11.6 Å². The summed E-state index contributed by atoms with van der Waals surface area (Å²) in [5.41, 5.74) is 0.629. The van der Waals surface area contributed by atoms with Crippen molar-refractivity contribution in [3.05, 3.63) is 47.0 Å². The number of allylic oxidation sites excluding steroid dienone is 1. The molecular formula is C12H11NO2S. The number of thioether (sulfide) groups is 1. The number of hydrogen-bond acceptors (Lipinski definition) is 3. The minimum atomic E-state index is -0.116. The maximum absolute atomic E-state index is 11.8. The molecule has 1 fully saturated rings. The number of hydrogen-bond donors (Lipinski definition) is 1. The normalized spacial score (nSPS) is 22.2. The maximum atomic E-state index is 11.8. The van der Waals surface area contributed by atoms with E-state index in [-0.39, 0.29) is 16.9 Å². The molecule has 3 nitrogen and oxygen atoms in total. The smallest absolute Gasteiger partial charge is 0.238 e. The lowest BCUT2D eigenvalue weighted by Gasteiger charge is -1.97. The van der Waals surface area contributed by atoms with E-state index in [1.807, 2.05) is 25.1 Å². The molecule has 0 radical (unpaired) electrons. The van der Waals surface area contributed by atoms with Crippen LogP contribution in [-0.2, 0) is 4.79 Å². The Bertz CT molecular complexity index is 453. The Morgan fingerprint density at radius 3 is 2.62 bits per heavy atom. The minimum absolute atomic E-state index is 0.0443. The Morgan fingerprint density at radius 2 is 2.06 bits per heavy atom. The van der Waals surface area contributed by atoms with Gasteiger partial charge in [0.2, 0.25) is 5.91 Å². The SMILES string of the molecule is CC1S/C(=C\C(=O)c2ccccc2)NC1=O. The highest BCUT2D eigenvalue weighted by atomic mass is 32.2. The molecular weight excluding hydrogens is 222 g/mol. The molecule has 1 unspecified atom stereocenters. The van der Waals surface area contributed by atoms with E-state index in [0.29, 0.717) is 10.6 Å². The van der Waals surface area contributed by atoms with E-state index >= 15 is 0 Å². The van der Waals surface area contributed by atoms with Crippen LogP contribution in [0.3, 0.4) is 0 Å². The predicted octanol–water partition coefficient (Wildman–Crippen LogP) is 1.96. The molecule has 1 amide bonds. The molecule has 0 aromatic heterocycles. The van der Waals surface area contributed by atoms with Crippen molar-refractivity contribution >= 4 is 23.5 Å². The zero-order chi connectivity index (χ0) is 11.5. The first-order valence-corrected chi connectivity index (χ1v) is 5.83. The van der Waals surface area contributed by atoms with Gasteiger partial charge in [-0.1, -0.05) is 42.1 Å². The molecule has 1 atom stereocenters. The van der Waals surface area contributed by atoms with Gasteiger partial charge in [-0.25, -0.2) is 0 Å². The first-order chi connectivity index (χ1) is 7.66. The van der Waals surface area contributed by atoms with Crippen LogP contribution in [0.1, 0.15) is 17.3 Å². The number of benzene rings is 1. The van der Waals surface area contributed by atoms with Crippen molar-refractivity contribution in [2.75, 3.05) is 0 Å². The number of rotatable bonds is 2. The van der Waals surface area contributed by atoms with Crippen LogP contribution in [0.5, 0.6) is 0 Å². The van der Waals surface area contributed by atoms with Crippen LogP contribution in [-0.4, -0.2) is 16.9 Å². The second-order valence-corrected chi connectivity index (χ2v) is 4.87. The minimum Gasteiger partial charge on any atom is -0.320 e. The molecule has 0 bridgehead atoms. The third kappa shape index (κ3) is 2.33. The highest BCUT2D eigenvalue weighted by Crippen LogP contribution is 2.26. The Kier molecular flexibility index (Phi) is 3.10. The van der Waals surface area contributed by atoms with Gasteiger partial charge in [0.25, 0.3) is 0 Å². The van der Waals surface area contributed by atoms with Gasteiger partial charge in [-0.15, -0.1) is 0 Å². The lowest BCUT2D eigenvalue weighted by molar-refractivity contribution is -0.118. The molecule has 4 heteroatoms. The fourth-order valence-electron chi connectivity index (χ4n) is 1.37. The van der Waals surface area contributed by atoms with Gasteiger partial charge in [-0.05, 0) is 6.92 Å². The van der Waals surface area contributed by atoms with Gasteiger partial charge >= 0.3 is 0 Å². The molecule has 1 aromatic carbocycles. The van der Waals surface area contributed by atoms with Crippen LogP contribution in [0.4, 0.5) is 0 Å². The zero-order valence-electron chi connectivity index (χ0n) is 8.77. The summed E-state index contributed by atoms with van der Waals surface area (Å²) >= 11 is 1.38. The zero-order valence-corrected chi connectivity index (χ0v) is 9.58. The third-order valence-electron chi connectivity index (χ3n) is 2.24. The van der Waals surface area contributed by atoms with E-state index in [1.54, 1.807) is 12.1 Å². The van der Waals surface area contributed by atoms with Crippen LogP contribution in [0.2, 0.25) is 0 Å². The Morgan fingerprint density at radius 1 is 1.38 bits per heavy atom. The first-order valence-electron chi connectivity index (χ1n) is 4.95. The second kappa shape index (κ2) is 4.53. The van der Waals surface area contributed by atoms with Crippen molar-refractivity contribution < 1.29 is 9.59 Å². The predicted molar refractivity (Wildman–Crippen MR) is 64.1 cm³/mol. The molecule has 0 aliphatic carbocycles. The molecule has 0 saturated carbocycles. The van der Waals surface area contributed by atoms with Gasteiger partial charge in [0.1, 0.15) is 0 Å². The largest absolute Gasteiger partial charge is 0.320 e. The summed E-state index contributed by atoms with van der Waals surface area (Å²) in [7, 11) is 0. The van der Waals surface area contributed by atoms with Gasteiger partial charge in [0.05, 0.1) is 10.3 Å². The summed E-state index contributed by atoms with van der Waals surface area (Å²) in [5, 5.41) is 3.18. The average molecular weight is 233 g/mol. The summed E-state index contributed by atoms with van der Waals surface area (Å²) in [4.78, 5) is 23.0. The van der Waals surface area contributed by atoms with Crippen molar-refractivity contribution in [2.45, 2.75) is 12.2 Å². The number of carbonyl (C=O) groups excluding carboxylic acids is 2. The maximum Gasteiger partial charge on any atom is 0.238 e. The van der Waals surface area contributed by atoms with Crippen molar-refractivity contribution in [1.82, 2.24) is 5.32 Å². The van der Waals surface area contributed by atoms with E-state index in [1.165, 1.54) is 17.8 Å². The standard InChI is InChI=1S/C12H11NO2S/c1-8-12(15)13-11(16-8)7-10(14)9-5-3-2-4-6-9/h2-8H,1H3,(H,13,15)/b11-7-. The summed E-state index contributed by atoms with van der Waals surface area (Å²) < 4.78 is 0. The highest BCUT2D eigenvalue weighted by Gasteiger charge is 2.24. The number of ketones is 1. The summed E-state index contributed by atoms with van der Waals surface area (Å²) in [5.74, 6) is -0.130. The van der Waals surface area contributed by atoms with Gasteiger partial charge in [-0.2, -0.15) is 0 Å². The molecule has 1 N–H and O–H groups in total. The van der Waals surface area contributed by atoms with Crippen LogP contribution >= 0.6 is 11.8 Å².